The average Bonchev–Trinajstić information content (AvgIpc) is 3.06. The van der Waals surface area contributed by atoms with Crippen LogP contribution in [-0.2, 0) is 11.2 Å². The molecule has 1 aliphatic heterocycles. The molecule has 4 rings (SSSR count). The average molecular weight is 383 g/mol. The molecule has 0 radical (unpaired) electrons. The van der Waals surface area contributed by atoms with Gasteiger partial charge >= 0.3 is 0 Å². The van der Waals surface area contributed by atoms with E-state index in [1.807, 2.05) is 42.5 Å². The predicted octanol–water partition coefficient (Wildman–Crippen LogP) is 5.81. The number of likely N-dealkylation sites (tertiary alicyclic amines) is 1. The van der Waals surface area contributed by atoms with Gasteiger partial charge in [0.25, 0.3) is 0 Å². The SMILES string of the molecule is O=C1C(Cc2ccc(Nc3ccccc3)cc2Cl)CCN1C1CCCCC1. The van der Waals surface area contributed by atoms with E-state index in [1.165, 1.54) is 32.1 Å². The molecule has 0 aromatic heterocycles. The highest BCUT2D eigenvalue weighted by atomic mass is 35.5. The van der Waals surface area contributed by atoms with Crippen molar-refractivity contribution in [2.75, 3.05) is 11.9 Å². The van der Waals surface area contributed by atoms with Gasteiger partial charge in [0, 0.05) is 34.9 Å². The number of benzene rings is 2. The molecule has 27 heavy (non-hydrogen) atoms. The van der Waals surface area contributed by atoms with Gasteiger partial charge in [0.15, 0.2) is 0 Å². The molecule has 2 aromatic rings. The molecule has 0 bridgehead atoms. The Balaban J connectivity index is 1.40. The molecular weight excluding hydrogens is 356 g/mol. The Labute approximate surface area is 166 Å². The van der Waals surface area contributed by atoms with Crippen LogP contribution in [0.15, 0.2) is 48.5 Å². The Morgan fingerprint density at radius 1 is 0.963 bits per heavy atom. The summed E-state index contributed by atoms with van der Waals surface area (Å²) >= 11 is 6.54. The Kier molecular flexibility index (Phi) is 5.68. The van der Waals surface area contributed by atoms with E-state index >= 15 is 0 Å². The molecule has 2 fully saturated rings. The zero-order valence-corrected chi connectivity index (χ0v) is 16.4. The molecule has 1 amide bonds. The molecule has 1 N–H and O–H groups in total. The first kappa shape index (κ1) is 18.4. The quantitative estimate of drug-likeness (QED) is 0.707. The highest BCUT2D eigenvalue weighted by Gasteiger charge is 2.36. The standard InChI is InChI=1S/C23H27ClN2O/c24-22-16-20(25-19-7-3-1-4-8-19)12-11-17(22)15-18-13-14-26(23(18)27)21-9-5-2-6-10-21/h1,3-4,7-8,11-12,16,18,21,25H,2,5-6,9-10,13-15H2. The molecule has 1 saturated carbocycles. The molecule has 1 saturated heterocycles. The molecule has 2 aliphatic rings. The number of carbonyl (C=O) groups is 1. The summed E-state index contributed by atoms with van der Waals surface area (Å²) in [6, 6.07) is 16.6. The minimum atomic E-state index is 0.0809. The van der Waals surface area contributed by atoms with Gasteiger partial charge in [-0.1, -0.05) is 55.1 Å². The van der Waals surface area contributed by atoms with E-state index in [9.17, 15) is 4.79 Å². The zero-order valence-electron chi connectivity index (χ0n) is 15.7. The van der Waals surface area contributed by atoms with E-state index in [4.69, 9.17) is 11.6 Å². The lowest BCUT2D eigenvalue weighted by Gasteiger charge is -2.31. The van der Waals surface area contributed by atoms with Crippen molar-refractivity contribution in [1.29, 1.82) is 0 Å². The summed E-state index contributed by atoms with van der Waals surface area (Å²) in [4.78, 5) is 15.1. The molecule has 142 valence electrons. The normalized spacial score (nSPS) is 20.9. The van der Waals surface area contributed by atoms with Crippen molar-refractivity contribution in [3.05, 3.63) is 59.1 Å². The number of nitrogens with zero attached hydrogens (tertiary/aromatic N) is 1. The predicted molar refractivity (Wildman–Crippen MR) is 112 cm³/mol. The van der Waals surface area contributed by atoms with Crippen LogP contribution >= 0.6 is 11.6 Å². The number of carbonyl (C=O) groups excluding carboxylic acids is 1. The smallest absolute Gasteiger partial charge is 0.226 e. The van der Waals surface area contributed by atoms with Gasteiger partial charge in [0.1, 0.15) is 0 Å². The van der Waals surface area contributed by atoms with Crippen LogP contribution in [0.2, 0.25) is 5.02 Å². The Hall–Kier alpha value is -2.00. The third-order valence-electron chi connectivity index (χ3n) is 5.95. The van der Waals surface area contributed by atoms with E-state index in [2.05, 4.69) is 16.3 Å². The van der Waals surface area contributed by atoms with Crippen LogP contribution in [0.3, 0.4) is 0 Å². The van der Waals surface area contributed by atoms with Gasteiger partial charge in [-0.2, -0.15) is 0 Å². The van der Waals surface area contributed by atoms with E-state index < -0.39 is 0 Å². The minimum absolute atomic E-state index is 0.0809. The number of rotatable bonds is 5. The summed E-state index contributed by atoms with van der Waals surface area (Å²) in [7, 11) is 0. The first-order valence-corrected chi connectivity index (χ1v) is 10.5. The lowest BCUT2D eigenvalue weighted by molar-refractivity contribution is -0.133. The van der Waals surface area contributed by atoms with Crippen molar-refractivity contribution < 1.29 is 4.79 Å². The Bertz CT molecular complexity index is 786. The van der Waals surface area contributed by atoms with Crippen LogP contribution in [0.1, 0.15) is 44.1 Å². The number of hydrogen-bond acceptors (Lipinski definition) is 2. The van der Waals surface area contributed by atoms with Crippen LogP contribution in [0.4, 0.5) is 11.4 Å². The van der Waals surface area contributed by atoms with E-state index in [1.54, 1.807) is 0 Å². The fourth-order valence-electron chi connectivity index (χ4n) is 4.45. The number of amides is 1. The van der Waals surface area contributed by atoms with Gasteiger partial charge in [0.05, 0.1) is 0 Å². The summed E-state index contributed by atoms with van der Waals surface area (Å²) in [6.07, 6.45) is 7.91. The number of anilines is 2. The van der Waals surface area contributed by atoms with Gasteiger partial charge in [0.2, 0.25) is 5.91 Å². The Morgan fingerprint density at radius 3 is 2.48 bits per heavy atom. The number of para-hydroxylation sites is 1. The Morgan fingerprint density at radius 2 is 1.74 bits per heavy atom. The first-order chi connectivity index (χ1) is 13.2. The molecule has 1 atom stereocenters. The zero-order chi connectivity index (χ0) is 18.6. The summed E-state index contributed by atoms with van der Waals surface area (Å²) in [5, 5.41) is 4.10. The topological polar surface area (TPSA) is 32.3 Å². The second kappa shape index (κ2) is 8.35. The molecule has 2 aromatic carbocycles. The van der Waals surface area contributed by atoms with E-state index in [0.29, 0.717) is 11.9 Å². The van der Waals surface area contributed by atoms with Gasteiger partial charge in [-0.3, -0.25) is 4.79 Å². The maximum atomic E-state index is 12.9. The number of nitrogens with one attached hydrogen (secondary N) is 1. The van der Waals surface area contributed by atoms with E-state index in [-0.39, 0.29) is 5.92 Å². The molecule has 1 aliphatic carbocycles. The molecule has 1 unspecified atom stereocenters. The van der Waals surface area contributed by atoms with Crippen LogP contribution in [-0.4, -0.2) is 23.4 Å². The van der Waals surface area contributed by atoms with Gasteiger partial charge in [-0.25, -0.2) is 0 Å². The van der Waals surface area contributed by atoms with Gasteiger partial charge in [-0.15, -0.1) is 0 Å². The number of halogens is 1. The third kappa shape index (κ3) is 4.30. The minimum Gasteiger partial charge on any atom is -0.355 e. The van der Waals surface area contributed by atoms with Crippen LogP contribution in [0.25, 0.3) is 0 Å². The molecular formula is C23H27ClN2O. The van der Waals surface area contributed by atoms with Crippen molar-refractivity contribution in [3.63, 3.8) is 0 Å². The van der Waals surface area contributed by atoms with Crippen LogP contribution in [0, 0.1) is 5.92 Å². The fraction of sp³-hybridized carbons (Fsp3) is 0.435. The van der Waals surface area contributed by atoms with Crippen molar-refractivity contribution in [1.82, 2.24) is 4.90 Å². The lowest BCUT2D eigenvalue weighted by atomic mass is 9.94. The molecule has 3 nitrogen and oxygen atoms in total. The molecule has 4 heteroatoms. The first-order valence-electron chi connectivity index (χ1n) is 10.1. The summed E-state index contributed by atoms with van der Waals surface area (Å²) in [5.74, 6) is 0.418. The van der Waals surface area contributed by atoms with Crippen molar-refractivity contribution in [2.45, 2.75) is 51.0 Å². The summed E-state index contributed by atoms with van der Waals surface area (Å²) in [5.41, 5.74) is 3.08. The van der Waals surface area contributed by atoms with Crippen molar-refractivity contribution >= 4 is 28.9 Å². The molecule has 0 spiro atoms. The maximum absolute atomic E-state index is 12.9. The summed E-state index contributed by atoms with van der Waals surface area (Å²) in [6.45, 7) is 0.916. The second-order valence-corrected chi connectivity index (χ2v) is 8.22. The van der Waals surface area contributed by atoms with Gasteiger partial charge in [-0.05, 0) is 55.5 Å². The maximum Gasteiger partial charge on any atom is 0.226 e. The fourth-order valence-corrected chi connectivity index (χ4v) is 4.71. The highest BCUT2D eigenvalue weighted by molar-refractivity contribution is 6.31. The van der Waals surface area contributed by atoms with Crippen molar-refractivity contribution in [3.8, 4) is 0 Å². The number of hydrogen-bond donors (Lipinski definition) is 1. The third-order valence-corrected chi connectivity index (χ3v) is 6.30. The molecule has 1 heterocycles. The van der Waals surface area contributed by atoms with Gasteiger partial charge < -0.3 is 10.2 Å². The lowest BCUT2D eigenvalue weighted by Crippen LogP contribution is -2.39. The van der Waals surface area contributed by atoms with E-state index in [0.717, 1.165) is 41.3 Å². The largest absolute Gasteiger partial charge is 0.355 e. The van der Waals surface area contributed by atoms with Crippen molar-refractivity contribution in [2.24, 2.45) is 5.92 Å². The highest BCUT2D eigenvalue weighted by Crippen LogP contribution is 2.32. The summed E-state index contributed by atoms with van der Waals surface area (Å²) < 4.78 is 0. The van der Waals surface area contributed by atoms with Crippen LogP contribution < -0.4 is 5.32 Å². The van der Waals surface area contributed by atoms with Crippen LogP contribution in [0.5, 0.6) is 0 Å². The monoisotopic (exact) mass is 382 g/mol. The second-order valence-electron chi connectivity index (χ2n) is 7.81.